The zero-order valence-electron chi connectivity index (χ0n) is 10.5. The second-order valence-corrected chi connectivity index (χ2v) is 5.35. The van der Waals surface area contributed by atoms with E-state index in [0.29, 0.717) is 12.6 Å². The van der Waals surface area contributed by atoms with E-state index in [1.165, 1.54) is 18.4 Å². The predicted molar refractivity (Wildman–Crippen MR) is 74.5 cm³/mol. The van der Waals surface area contributed by atoms with Crippen molar-refractivity contribution in [2.24, 2.45) is 5.92 Å². The predicted octanol–water partition coefficient (Wildman–Crippen LogP) is 3.91. The highest BCUT2D eigenvalue weighted by atomic mass is 79.9. The summed E-state index contributed by atoms with van der Waals surface area (Å²) in [6.45, 7) is 5.90. The van der Waals surface area contributed by atoms with Crippen molar-refractivity contribution in [3.05, 3.63) is 28.2 Å². The van der Waals surface area contributed by atoms with Gasteiger partial charge in [-0.1, -0.05) is 13.0 Å². The van der Waals surface area contributed by atoms with E-state index in [-0.39, 0.29) is 0 Å². The van der Waals surface area contributed by atoms with Crippen LogP contribution in [0.4, 0.5) is 0 Å². The van der Waals surface area contributed by atoms with Crippen LogP contribution in [0.1, 0.15) is 38.3 Å². The van der Waals surface area contributed by atoms with Crippen LogP contribution in [-0.4, -0.2) is 13.2 Å². The summed E-state index contributed by atoms with van der Waals surface area (Å²) < 4.78 is 6.60. The largest absolute Gasteiger partial charge is 0.493 e. The first-order valence-corrected chi connectivity index (χ1v) is 7.21. The minimum atomic E-state index is 0.506. The Morgan fingerprint density at radius 2 is 2.18 bits per heavy atom. The second kappa shape index (κ2) is 5.87. The molecule has 0 spiro atoms. The molecule has 1 atom stereocenters. The van der Waals surface area contributed by atoms with E-state index >= 15 is 0 Å². The second-order valence-electron chi connectivity index (χ2n) is 4.50. The molecule has 1 N–H and O–H groups in total. The molecule has 1 aliphatic rings. The Morgan fingerprint density at radius 1 is 1.41 bits per heavy atom. The summed E-state index contributed by atoms with van der Waals surface area (Å²) in [7, 11) is 0. The van der Waals surface area contributed by atoms with Gasteiger partial charge in [-0.25, -0.2) is 0 Å². The van der Waals surface area contributed by atoms with Crippen molar-refractivity contribution in [3.8, 4) is 5.75 Å². The van der Waals surface area contributed by atoms with E-state index < -0.39 is 0 Å². The molecule has 2 rings (SSSR count). The van der Waals surface area contributed by atoms with Gasteiger partial charge in [-0.05, 0) is 65.9 Å². The number of rotatable bonds is 6. The third kappa shape index (κ3) is 3.23. The summed E-state index contributed by atoms with van der Waals surface area (Å²) in [6, 6.07) is 6.94. The van der Waals surface area contributed by atoms with Crippen LogP contribution in [0.2, 0.25) is 0 Å². The van der Waals surface area contributed by atoms with Gasteiger partial charge in [0.1, 0.15) is 5.75 Å². The summed E-state index contributed by atoms with van der Waals surface area (Å²) in [6.07, 6.45) is 2.70. The van der Waals surface area contributed by atoms with Gasteiger partial charge in [0.15, 0.2) is 0 Å². The Hall–Kier alpha value is -0.540. The van der Waals surface area contributed by atoms with Crippen molar-refractivity contribution >= 4 is 15.9 Å². The van der Waals surface area contributed by atoms with Gasteiger partial charge in [-0.2, -0.15) is 0 Å². The maximum absolute atomic E-state index is 5.54. The Kier molecular flexibility index (Phi) is 4.46. The van der Waals surface area contributed by atoms with Crippen LogP contribution in [-0.2, 0) is 0 Å². The standard InChI is InChI=1S/C14H20BrNO/c1-3-16-14(10-5-6-10)11-7-8-13(17-4-2)12(15)9-11/h7-10,14,16H,3-6H2,1-2H3. The van der Waals surface area contributed by atoms with Crippen molar-refractivity contribution in [2.75, 3.05) is 13.2 Å². The summed E-state index contributed by atoms with van der Waals surface area (Å²) >= 11 is 3.58. The van der Waals surface area contributed by atoms with Crippen molar-refractivity contribution in [1.82, 2.24) is 5.32 Å². The van der Waals surface area contributed by atoms with Crippen molar-refractivity contribution < 1.29 is 4.74 Å². The molecule has 1 aromatic rings. The molecule has 0 aliphatic heterocycles. The molecule has 3 heteroatoms. The fourth-order valence-corrected chi connectivity index (χ4v) is 2.70. The molecule has 94 valence electrons. The third-order valence-electron chi connectivity index (χ3n) is 3.13. The lowest BCUT2D eigenvalue weighted by atomic mass is 10.0. The van der Waals surface area contributed by atoms with Gasteiger partial charge in [-0.3, -0.25) is 0 Å². The molecule has 0 radical (unpaired) electrons. The van der Waals surface area contributed by atoms with Gasteiger partial charge >= 0.3 is 0 Å². The van der Waals surface area contributed by atoms with E-state index in [4.69, 9.17) is 4.74 Å². The average molecular weight is 298 g/mol. The van der Waals surface area contributed by atoms with E-state index in [1.807, 2.05) is 6.92 Å². The molecule has 0 bridgehead atoms. The van der Waals surface area contributed by atoms with Crippen LogP contribution in [0, 0.1) is 5.92 Å². The maximum atomic E-state index is 5.54. The summed E-state index contributed by atoms with van der Waals surface area (Å²) in [5, 5.41) is 3.58. The van der Waals surface area contributed by atoms with E-state index in [9.17, 15) is 0 Å². The van der Waals surface area contributed by atoms with Gasteiger partial charge in [-0.15, -0.1) is 0 Å². The molecule has 0 saturated heterocycles. The van der Waals surface area contributed by atoms with Crippen molar-refractivity contribution in [3.63, 3.8) is 0 Å². The highest BCUT2D eigenvalue weighted by Crippen LogP contribution is 2.42. The Morgan fingerprint density at radius 3 is 2.71 bits per heavy atom. The van der Waals surface area contributed by atoms with E-state index in [0.717, 1.165) is 22.7 Å². The molecule has 17 heavy (non-hydrogen) atoms. The number of benzene rings is 1. The van der Waals surface area contributed by atoms with Gasteiger partial charge in [0.05, 0.1) is 11.1 Å². The van der Waals surface area contributed by atoms with Gasteiger partial charge in [0.2, 0.25) is 0 Å². The molecule has 1 unspecified atom stereocenters. The first-order valence-electron chi connectivity index (χ1n) is 6.41. The lowest BCUT2D eigenvalue weighted by Gasteiger charge is -2.19. The third-order valence-corrected chi connectivity index (χ3v) is 3.75. The quantitative estimate of drug-likeness (QED) is 0.860. The normalized spacial score (nSPS) is 16.9. The number of hydrogen-bond donors (Lipinski definition) is 1. The van der Waals surface area contributed by atoms with Crippen molar-refractivity contribution in [2.45, 2.75) is 32.7 Å². The fourth-order valence-electron chi connectivity index (χ4n) is 2.19. The molecular formula is C14H20BrNO. The lowest BCUT2D eigenvalue weighted by molar-refractivity contribution is 0.337. The minimum absolute atomic E-state index is 0.506. The molecule has 2 nitrogen and oxygen atoms in total. The highest BCUT2D eigenvalue weighted by Gasteiger charge is 2.31. The SMILES string of the molecule is CCNC(c1ccc(OCC)c(Br)c1)C1CC1. The van der Waals surface area contributed by atoms with Crippen LogP contribution < -0.4 is 10.1 Å². The van der Waals surface area contributed by atoms with Crippen LogP contribution >= 0.6 is 15.9 Å². The number of hydrogen-bond acceptors (Lipinski definition) is 2. The molecule has 1 saturated carbocycles. The molecule has 0 aromatic heterocycles. The van der Waals surface area contributed by atoms with Gasteiger partial charge in [0.25, 0.3) is 0 Å². The summed E-state index contributed by atoms with van der Waals surface area (Å²) in [4.78, 5) is 0. The highest BCUT2D eigenvalue weighted by molar-refractivity contribution is 9.10. The zero-order chi connectivity index (χ0) is 12.3. The van der Waals surface area contributed by atoms with Crippen LogP contribution in [0.3, 0.4) is 0 Å². The Labute approximate surface area is 112 Å². The number of nitrogens with one attached hydrogen (secondary N) is 1. The molecule has 1 aliphatic carbocycles. The fraction of sp³-hybridized carbons (Fsp3) is 0.571. The summed E-state index contributed by atoms with van der Waals surface area (Å²) in [5.74, 6) is 1.75. The molecule has 0 amide bonds. The first-order chi connectivity index (χ1) is 8.26. The molecular weight excluding hydrogens is 278 g/mol. The maximum Gasteiger partial charge on any atom is 0.133 e. The minimum Gasteiger partial charge on any atom is -0.493 e. The first kappa shape index (κ1) is 12.9. The van der Waals surface area contributed by atoms with E-state index in [2.05, 4.69) is 46.4 Å². The van der Waals surface area contributed by atoms with Gasteiger partial charge in [0, 0.05) is 6.04 Å². The zero-order valence-corrected chi connectivity index (χ0v) is 12.1. The lowest BCUT2D eigenvalue weighted by Crippen LogP contribution is -2.22. The van der Waals surface area contributed by atoms with E-state index in [1.54, 1.807) is 0 Å². The summed E-state index contributed by atoms with van der Waals surface area (Å²) in [5.41, 5.74) is 1.37. The van der Waals surface area contributed by atoms with Crippen molar-refractivity contribution in [1.29, 1.82) is 0 Å². The number of ether oxygens (including phenoxy) is 1. The van der Waals surface area contributed by atoms with Crippen LogP contribution in [0.15, 0.2) is 22.7 Å². The molecule has 0 heterocycles. The van der Waals surface area contributed by atoms with Crippen LogP contribution in [0.5, 0.6) is 5.75 Å². The molecule has 1 aromatic carbocycles. The topological polar surface area (TPSA) is 21.3 Å². The molecule has 1 fully saturated rings. The Balaban J connectivity index is 2.16. The Bertz CT molecular complexity index is 376. The number of halogens is 1. The smallest absolute Gasteiger partial charge is 0.133 e. The average Bonchev–Trinajstić information content (AvgIpc) is 3.13. The van der Waals surface area contributed by atoms with Gasteiger partial charge < -0.3 is 10.1 Å². The monoisotopic (exact) mass is 297 g/mol. The van der Waals surface area contributed by atoms with Crippen LogP contribution in [0.25, 0.3) is 0 Å².